The lowest BCUT2D eigenvalue weighted by Gasteiger charge is -2.07. The second kappa shape index (κ2) is 6.89. The van der Waals surface area contributed by atoms with Crippen LogP contribution in [0.2, 0.25) is 0 Å². The zero-order valence-corrected chi connectivity index (χ0v) is 15.3. The van der Waals surface area contributed by atoms with Gasteiger partial charge < -0.3 is 10.4 Å². The molecule has 0 radical (unpaired) electrons. The van der Waals surface area contributed by atoms with Crippen LogP contribution in [-0.2, 0) is 4.79 Å². The predicted molar refractivity (Wildman–Crippen MR) is 102 cm³/mol. The lowest BCUT2D eigenvalue weighted by molar-refractivity contribution is -0.135. The van der Waals surface area contributed by atoms with Crippen molar-refractivity contribution in [3.63, 3.8) is 0 Å². The van der Waals surface area contributed by atoms with E-state index < -0.39 is 23.9 Å². The average molecular weight is 400 g/mol. The number of nitrogens with zero attached hydrogens (tertiary/aromatic N) is 2. The van der Waals surface area contributed by atoms with Crippen molar-refractivity contribution in [2.24, 2.45) is 0 Å². The smallest absolute Gasteiger partial charge is 0.322 e. The molecule has 0 aliphatic rings. The Hall–Kier alpha value is -3.11. The Morgan fingerprint density at radius 1 is 1.33 bits per heavy atom. The van der Waals surface area contributed by atoms with Crippen molar-refractivity contribution in [2.45, 2.75) is 9.92 Å². The number of amides is 1. The van der Waals surface area contributed by atoms with E-state index in [9.17, 15) is 14.4 Å². The summed E-state index contributed by atoms with van der Waals surface area (Å²) < 4.78 is 2.67. The van der Waals surface area contributed by atoms with Gasteiger partial charge in [0.25, 0.3) is 5.91 Å². The van der Waals surface area contributed by atoms with E-state index in [4.69, 9.17) is 5.11 Å². The van der Waals surface area contributed by atoms with Crippen LogP contribution in [0.4, 0.5) is 0 Å². The minimum Gasteiger partial charge on any atom is -0.480 e. The highest BCUT2D eigenvalue weighted by Crippen LogP contribution is 2.37. The molecule has 0 spiro atoms. The zero-order chi connectivity index (χ0) is 19.0. The van der Waals surface area contributed by atoms with Crippen molar-refractivity contribution in [3.05, 3.63) is 57.8 Å². The van der Waals surface area contributed by atoms with Crippen molar-refractivity contribution in [1.29, 1.82) is 0 Å². The number of H-pyrrole nitrogens is 1. The Bertz CT molecular complexity index is 1240. The van der Waals surface area contributed by atoms with Gasteiger partial charge in [-0.1, -0.05) is 30.0 Å². The second-order valence-electron chi connectivity index (χ2n) is 5.54. The number of carbonyl (C=O) groups is 2. The number of benzene rings is 1. The summed E-state index contributed by atoms with van der Waals surface area (Å²) in [5, 5.41) is 17.5. The monoisotopic (exact) mass is 400 g/mol. The standard InChI is InChI=1S/C17H12N4O4S2/c22-10-5-13(27-12-7-26-11-4-2-1-3-9(11)12)21-16(19-8-20-21)15(10)17(25)18-6-14(23)24/h1-5,7-8H,6H2,(H,18,25)(H,19,20)(H,23,24). The van der Waals surface area contributed by atoms with Gasteiger partial charge in [-0.15, -0.1) is 11.3 Å². The summed E-state index contributed by atoms with van der Waals surface area (Å²) in [4.78, 5) is 40.5. The molecule has 4 rings (SSSR count). The van der Waals surface area contributed by atoms with Crippen LogP contribution in [0.5, 0.6) is 0 Å². The first-order valence-corrected chi connectivity index (χ1v) is 9.47. The summed E-state index contributed by atoms with van der Waals surface area (Å²) in [6, 6.07) is 9.30. The van der Waals surface area contributed by atoms with E-state index >= 15 is 0 Å². The number of rotatable bonds is 5. The largest absolute Gasteiger partial charge is 0.480 e. The third kappa shape index (κ3) is 3.20. The van der Waals surface area contributed by atoms with Crippen LogP contribution in [-0.4, -0.2) is 38.1 Å². The molecule has 0 saturated carbocycles. The SMILES string of the molecule is O=C(O)CNC(=O)c1c(=O)cc(Sc2csc3ccccc23)n2[nH]cnc12. The number of carbonyl (C=O) groups excluding carboxylic acids is 1. The fraction of sp³-hybridized carbons (Fsp3) is 0.0588. The van der Waals surface area contributed by atoms with Gasteiger partial charge in [0.2, 0.25) is 0 Å². The quantitative estimate of drug-likeness (QED) is 0.473. The number of carboxylic acids is 1. The Kier molecular flexibility index (Phi) is 4.42. The van der Waals surface area contributed by atoms with Gasteiger partial charge in [0.05, 0.1) is 0 Å². The minimum atomic E-state index is -1.20. The Balaban J connectivity index is 1.76. The van der Waals surface area contributed by atoms with Crippen LogP contribution >= 0.6 is 23.1 Å². The summed E-state index contributed by atoms with van der Waals surface area (Å²) in [5.74, 6) is -1.97. The van der Waals surface area contributed by atoms with Crippen molar-refractivity contribution >= 4 is 50.7 Å². The molecule has 0 aliphatic carbocycles. The number of pyridine rings is 1. The number of aromatic amines is 1. The maximum atomic E-state index is 12.5. The highest BCUT2D eigenvalue weighted by atomic mass is 32.2. The first kappa shape index (κ1) is 17.3. The maximum absolute atomic E-state index is 12.5. The molecule has 0 saturated heterocycles. The van der Waals surface area contributed by atoms with Crippen molar-refractivity contribution < 1.29 is 14.7 Å². The molecule has 3 heterocycles. The van der Waals surface area contributed by atoms with Gasteiger partial charge >= 0.3 is 5.97 Å². The molecular formula is C17H12N4O4S2. The highest BCUT2D eigenvalue weighted by Gasteiger charge is 2.20. The number of hydrogen-bond donors (Lipinski definition) is 3. The number of aliphatic carboxylic acids is 1. The normalized spacial score (nSPS) is 11.1. The van der Waals surface area contributed by atoms with E-state index in [1.807, 2.05) is 29.6 Å². The predicted octanol–water partition coefficient (Wildman–Crippen LogP) is 2.20. The average Bonchev–Trinajstić information content (AvgIpc) is 3.27. The summed E-state index contributed by atoms with van der Waals surface area (Å²) in [6.07, 6.45) is 1.37. The van der Waals surface area contributed by atoms with E-state index in [2.05, 4.69) is 15.4 Å². The van der Waals surface area contributed by atoms with Crippen LogP contribution in [0.3, 0.4) is 0 Å². The molecule has 1 aromatic carbocycles. The van der Waals surface area contributed by atoms with Crippen molar-refractivity contribution in [2.75, 3.05) is 6.54 Å². The molecular weight excluding hydrogens is 388 g/mol. The van der Waals surface area contributed by atoms with Gasteiger partial charge in [-0.2, -0.15) is 0 Å². The third-order valence-electron chi connectivity index (χ3n) is 3.82. The fourth-order valence-corrected chi connectivity index (χ4v) is 4.78. The molecule has 0 fully saturated rings. The molecule has 3 N–H and O–H groups in total. The molecule has 27 heavy (non-hydrogen) atoms. The lowest BCUT2D eigenvalue weighted by atomic mass is 10.2. The molecule has 4 aromatic rings. The van der Waals surface area contributed by atoms with E-state index in [-0.39, 0.29) is 11.2 Å². The van der Waals surface area contributed by atoms with Gasteiger partial charge in [-0.25, -0.2) is 9.50 Å². The van der Waals surface area contributed by atoms with E-state index in [1.165, 1.54) is 28.7 Å². The molecule has 8 nitrogen and oxygen atoms in total. The van der Waals surface area contributed by atoms with Crippen LogP contribution in [0.25, 0.3) is 15.7 Å². The maximum Gasteiger partial charge on any atom is 0.322 e. The van der Waals surface area contributed by atoms with Gasteiger partial charge in [0, 0.05) is 26.4 Å². The van der Waals surface area contributed by atoms with Gasteiger partial charge in [0.1, 0.15) is 23.5 Å². The van der Waals surface area contributed by atoms with E-state index in [0.717, 1.165) is 15.0 Å². The molecule has 0 bridgehead atoms. The number of nitrogens with one attached hydrogen (secondary N) is 2. The van der Waals surface area contributed by atoms with Gasteiger partial charge in [-0.05, 0) is 6.07 Å². The number of aromatic nitrogens is 3. The Labute approximate surface area is 159 Å². The van der Waals surface area contributed by atoms with Gasteiger partial charge in [0.15, 0.2) is 11.1 Å². The molecule has 0 aliphatic heterocycles. The fourth-order valence-electron chi connectivity index (χ4n) is 2.65. The van der Waals surface area contributed by atoms with Crippen LogP contribution in [0.15, 0.2) is 56.8 Å². The molecule has 136 valence electrons. The first-order valence-electron chi connectivity index (χ1n) is 7.78. The van der Waals surface area contributed by atoms with Crippen LogP contribution in [0.1, 0.15) is 10.4 Å². The number of hydrogen-bond acceptors (Lipinski definition) is 6. The first-order chi connectivity index (χ1) is 13.0. The minimum absolute atomic E-state index is 0.146. The zero-order valence-electron chi connectivity index (χ0n) is 13.6. The molecule has 0 unspecified atom stereocenters. The summed E-state index contributed by atoms with van der Waals surface area (Å²) in [6.45, 7) is -0.577. The van der Waals surface area contributed by atoms with E-state index in [1.54, 1.807) is 11.3 Å². The number of carboxylic acid groups (broad SMARTS) is 1. The Morgan fingerprint density at radius 2 is 2.15 bits per heavy atom. The summed E-state index contributed by atoms with van der Waals surface area (Å²) in [5.41, 5.74) is -0.573. The topological polar surface area (TPSA) is 117 Å². The number of fused-ring (bicyclic) bond motifs is 2. The lowest BCUT2D eigenvalue weighted by Crippen LogP contribution is -2.33. The van der Waals surface area contributed by atoms with Crippen LogP contribution in [0, 0.1) is 0 Å². The molecule has 3 aromatic heterocycles. The Morgan fingerprint density at radius 3 is 2.96 bits per heavy atom. The molecule has 1 amide bonds. The summed E-state index contributed by atoms with van der Waals surface area (Å²) >= 11 is 3.00. The van der Waals surface area contributed by atoms with E-state index in [0.29, 0.717) is 5.03 Å². The summed E-state index contributed by atoms with van der Waals surface area (Å²) in [7, 11) is 0. The van der Waals surface area contributed by atoms with Crippen molar-refractivity contribution in [3.8, 4) is 0 Å². The molecule has 10 heteroatoms. The second-order valence-corrected chi connectivity index (χ2v) is 7.52. The molecule has 0 atom stereocenters. The number of thiophene rings is 1. The van der Waals surface area contributed by atoms with Gasteiger partial charge in [-0.3, -0.25) is 19.5 Å². The van der Waals surface area contributed by atoms with Crippen molar-refractivity contribution in [1.82, 2.24) is 19.9 Å². The van der Waals surface area contributed by atoms with Crippen LogP contribution < -0.4 is 10.7 Å². The third-order valence-corrected chi connectivity index (χ3v) is 6.00. The highest BCUT2D eigenvalue weighted by molar-refractivity contribution is 7.99.